The van der Waals surface area contributed by atoms with E-state index in [4.69, 9.17) is 0 Å². The smallest absolute Gasteiger partial charge is 0.00104 e. The first-order chi connectivity index (χ1) is 5.65. The standard InChI is InChI=1S/C11H23N/c1-5-9(4)11-6-10(11)7-12-8(2)3/h8-12H,5-7H2,1-4H3. The lowest BCUT2D eigenvalue weighted by molar-refractivity contribution is 0.442. The molecule has 0 aromatic rings. The van der Waals surface area contributed by atoms with Crippen LogP contribution in [0.3, 0.4) is 0 Å². The van der Waals surface area contributed by atoms with Crippen molar-refractivity contribution in [3.8, 4) is 0 Å². The van der Waals surface area contributed by atoms with Gasteiger partial charge in [-0.15, -0.1) is 0 Å². The molecule has 0 aromatic heterocycles. The first-order valence-corrected chi connectivity index (χ1v) is 5.38. The van der Waals surface area contributed by atoms with Crippen molar-refractivity contribution in [2.45, 2.75) is 46.6 Å². The first-order valence-electron chi connectivity index (χ1n) is 5.38. The Labute approximate surface area is 76.9 Å². The fourth-order valence-corrected chi connectivity index (χ4v) is 1.89. The van der Waals surface area contributed by atoms with Crippen LogP contribution < -0.4 is 5.32 Å². The second kappa shape index (κ2) is 4.27. The van der Waals surface area contributed by atoms with Crippen molar-refractivity contribution in [3.05, 3.63) is 0 Å². The normalized spacial score (nSPS) is 30.8. The summed E-state index contributed by atoms with van der Waals surface area (Å²) in [5.74, 6) is 2.97. The monoisotopic (exact) mass is 169 g/mol. The molecule has 1 heteroatoms. The van der Waals surface area contributed by atoms with Gasteiger partial charge in [0.15, 0.2) is 0 Å². The molecule has 1 aliphatic carbocycles. The molecule has 3 atom stereocenters. The van der Waals surface area contributed by atoms with Crippen LogP contribution in [-0.4, -0.2) is 12.6 Å². The Morgan fingerprint density at radius 2 is 2.00 bits per heavy atom. The molecule has 0 bridgehead atoms. The third-order valence-electron chi connectivity index (χ3n) is 3.14. The average Bonchev–Trinajstić information content (AvgIpc) is 2.78. The number of nitrogens with one attached hydrogen (secondary N) is 1. The number of hydrogen-bond acceptors (Lipinski definition) is 1. The van der Waals surface area contributed by atoms with E-state index in [-0.39, 0.29) is 0 Å². The van der Waals surface area contributed by atoms with Crippen LogP contribution in [0.5, 0.6) is 0 Å². The van der Waals surface area contributed by atoms with Gasteiger partial charge >= 0.3 is 0 Å². The molecule has 1 rings (SSSR count). The van der Waals surface area contributed by atoms with E-state index in [1.165, 1.54) is 19.4 Å². The predicted octanol–water partition coefficient (Wildman–Crippen LogP) is 2.67. The van der Waals surface area contributed by atoms with Crippen LogP contribution in [0.2, 0.25) is 0 Å². The van der Waals surface area contributed by atoms with Crippen LogP contribution in [0.25, 0.3) is 0 Å². The third kappa shape index (κ3) is 2.78. The van der Waals surface area contributed by atoms with Gasteiger partial charge in [-0.2, -0.15) is 0 Å². The summed E-state index contributed by atoms with van der Waals surface area (Å²) >= 11 is 0. The van der Waals surface area contributed by atoms with Crippen LogP contribution in [0.15, 0.2) is 0 Å². The molecule has 3 unspecified atom stereocenters. The lowest BCUT2D eigenvalue weighted by Crippen LogP contribution is -2.25. The van der Waals surface area contributed by atoms with Gasteiger partial charge in [0.05, 0.1) is 0 Å². The van der Waals surface area contributed by atoms with Crippen molar-refractivity contribution in [3.63, 3.8) is 0 Å². The Morgan fingerprint density at radius 3 is 2.50 bits per heavy atom. The molecule has 1 aliphatic rings. The summed E-state index contributed by atoms with van der Waals surface area (Å²) in [5, 5.41) is 3.52. The van der Waals surface area contributed by atoms with Gasteiger partial charge in [-0.05, 0) is 30.7 Å². The third-order valence-corrected chi connectivity index (χ3v) is 3.14. The lowest BCUT2D eigenvalue weighted by Gasteiger charge is -2.09. The average molecular weight is 169 g/mol. The quantitative estimate of drug-likeness (QED) is 0.667. The van der Waals surface area contributed by atoms with Crippen molar-refractivity contribution < 1.29 is 0 Å². The molecular formula is C11H23N. The molecule has 0 heterocycles. The van der Waals surface area contributed by atoms with Crippen LogP contribution in [0.4, 0.5) is 0 Å². The van der Waals surface area contributed by atoms with E-state index in [9.17, 15) is 0 Å². The minimum atomic E-state index is 0.656. The van der Waals surface area contributed by atoms with E-state index < -0.39 is 0 Å². The molecule has 0 saturated heterocycles. The molecule has 12 heavy (non-hydrogen) atoms. The molecule has 1 N–H and O–H groups in total. The van der Waals surface area contributed by atoms with Crippen LogP contribution in [-0.2, 0) is 0 Å². The fourth-order valence-electron chi connectivity index (χ4n) is 1.89. The van der Waals surface area contributed by atoms with Gasteiger partial charge < -0.3 is 5.32 Å². The highest BCUT2D eigenvalue weighted by Crippen LogP contribution is 2.44. The highest BCUT2D eigenvalue weighted by Gasteiger charge is 2.39. The van der Waals surface area contributed by atoms with Gasteiger partial charge in [-0.3, -0.25) is 0 Å². The van der Waals surface area contributed by atoms with E-state index in [0.29, 0.717) is 6.04 Å². The maximum Gasteiger partial charge on any atom is 0.00104 e. The molecule has 0 spiro atoms. The summed E-state index contributed by atoms with van der Waals surface area (Å²) in [6.45, 7) is 10.4. The Hall–Kier alpha value is -0.0400. The Balaban J connectivity index is 2.08. The molecule has 0 amide bonds. The van der Waals surface area contributed by atoms with Crippen molar-refractivity contribution in [2.24, 2.45) is 17.8 Å². The topological polar surface area (TPSA) is 12.0 Å². The van der Waals surface area contributed by atoms with Gasteiger partial charge in [0, 0.05) is 6.04 Å². The van der Waals surface area contributed by atoms with E-state index in [2.05, 4.69) is 33.0 Å². The van der Waals surface area contributed by atoms with Gasteiger partial charge in [0.25, 0.3) is 0 Å². The van der Waals surface area contributed by atoms with Crippen LogP contribution in [0, 0.1) is 17.8 Å². The maximum atomic E-state index is 3.52. The van der Waals surface area contributed by atoms with Gasteiger partial charge in [0.2, 0.25) is 0 Å². The zero-order chi connectivity index (χ0) is 9.14. The van der Waals surface area contributed by atoms with Gasteiger partial charge in [-0.25, -0.2) is 0 Å². The van der Waals surface area contributed by atoms with Crippen LogP contribution >= 0.6 is 0 Å². The minimum absolute atomic E-state index is 0.656. The van der Waals surface area contributed by atoms with Gasteiger partial charge in [0.1, 0.15) is 0 Å². The highest BCUT2D eigenvalue weighted by molar-refractivity contribution is 4.90. The number of rotatable bonds is 5. The van der Waals surface area contributed by atoms with Gasteiger partial charge in [-0.1, -0.05) is 34.1 Å². The Bertz CT molecular complexity index is 131. The summed E-state index contributed by atoms with van der Waals surface area (Å²) in [5.41, 5.74) is 0. The second-order valence-corrected chi connectivity index (χ2v) is 4.61. The van der Waals surface area contributed by atoms with Crippen molar-refractivity contribution in [2.75, 3.05) is 6.54 Å². The highest BCUT2D eigenvalue weighted by atomic mass is 14.9. The molecular weight excluding hydrogens is 146 g/mol. The molecule has 1 fully saturated rings. The van der Waals surface area contributed by atoms with Crippen LogP contribution in [0.1, 0.15) is 40.5 Å². The fraction of sp³-hybridized carbons (Fsp3) is 1.00. The SMILES string of the molecule is CCC(C)C1CC1CNC(C)C. The summed E-state index contributed by atoms with van der Waals surface area (Å²) in [6.07, 6.45) is 2.82. The van der Waals surface area contributed by atoms with Crippen molar-refractivity contribution in [1.82, 2.24) is 5.32 Å². The molecule has 1 nitrogen and oxygen atoms in total. The summed E-state index contributed by atoms with van der Waals surface area (Å²) in [6, 6.07) is 0.656. The Morgan fingerprint density at radius 1 is 1.33 bits per heavy atom. The zero-order valence-corrected chi connectivity index (χ0v) is 8.93. The molecule has 0 radical (unpaired) electrons. The maximum absolute atomic E-state index is 3.52. The van der Waals surface area contributed by atoms with Crippen molar-refractivity contribution >= 4 is 0 Å². The van der Waals surface area contributed by atoms with E-state index in [1.54, 1.807) is 0 Å². The molecule has 72 valence electrons. The molecule has 0 aromatic carbocycles. The second-order valence-electron chi connectivity index (χ2n) is 4.61. The largest absolute Gasteiger partial charge is 0.314 e. The summed E-state index contributed by atoms with van der Waals surface area (Å²) in [7, 11) is 0. The van der Waals surface area contributed by atoms with E-state index in [1.807, 2.05) is 0 Å². The molecule has 1 saturated carbocycles. The predicted molar refractivity (Wildman–Crippen MR) is 54.2 cm³/mol. The zero-order valence-electron chi connectivity index (χ0n) is 8.93. The van der Waals surface area contributed by atoms with E-state index >= 15 is 0 Å². The number of hydrogen-bond donors (Lipinski definition) is 1. The first kappa shape index (κ1) is 10.0. The summed E-state index contributed by atoms with van der Waals surface area (Å²) < 4.78 is 0. The Kier molecular flexibility index (Phi) is 3.57. The van der Waals surface area contributed by atoms with E-state index in [0.717, 1.165) is 17.8 Å². The summed E-state index contributed by atoms with van der Waals surface area (Å²) in [4.78, 5) is 0. The lowest BCUT2D eigenvalue weighted by atomic mass is 10.0. The van der Waals surface area contributed by atoms with Crippen molar-refractivity contribution in [1.29, 1.82) is 0 Å². The molecule has 0 aliphatic heterocycles. The minimum Gasteiger partial charge on any atom is -0.314 e.